The number of β-amino-alcohol motifs (C(OH)–C–C–N with tert-alkyl or cyclic N) is 1. The molecule has 1 aliphatic rings. The van der Waals surface area contributed by atoms with Crippen molar-refractivity contribution in [1.82, 2.24) is 4.90 Å². The second-order valence-corrected chi connectivity index (χ2v) is 5.37. The number of carbonyl (C=O) groups is 1. The molecule has 0 bridgehead atoms. The predicted octanol–water partition coefficient (Wildman–Crippen LogP) is 1.24. The highest BCUT2D eigenvalue weighted by Crippen LogP contribution is 2.17. The molecule has 5 heteroatoms. The number of hydrogen-bond acceptors (Lipinski definition) is 4. The number of carbonyl (C=O) groups excluding carboxylic acids is 1. The molecular formula is C13H17NO3S. The Hall–Kier alpha value is -1.17. The lowest BCUT2D eigenvalue weighted by Gasteiger charge is -2.29. The van der Waals surface area contributed by atoms with Crippen LogP contribution in [0, 0.1) is 0 Å². The third kappa shape index (κ3) is 3.41. The normalized spacial score (nSPS) is 20.6. The van der Waals surface area contributed by atoms with Crippen LogP contribution in [0.15, 0.2) is 17.5 Å². The molecule has 1 saturated heterocycles. The number of rotatable bonds is 3. The molecule has 1 atom stereocenters. The second kappa shape index (κ2) is 6.13. The average molecular weight is 267 g/mol. The quantitative estimate of drug-likeness (QED) is 0.810. The maximum atomic E-state index is 11.9. The Morgan fingerprint density at radius 2 is 2.44 bits per heavy atom. The maximum absolute atomic E-state index is 11.9. The first-order valence-electron chi connectivity index (χ1n) is 6.02. The Kier molecular flexibility index (Phi) is 4.52. The lowest BCUT2D eigenvalue weighted by molar-refractivity contribution is -0.128. The molecule has 1 fully saturated rings. The zero-order valence-electron chi connectivity index (χ0n) is 10.1. The van der Waals surface area contributed by atoms with Crippen molar-refractivity contribution in [1.29, 1.82) is 0 Å². The molecule has 0 aliphatic carbocycles. The van der Waals surface area contributed by atoms with Crippen LogP contribution in [0.25, 0.3) is 6.08 Å². The van der Waals surface area contributed by atoms with Gasteiger partial charge in [-0.3, -0.25) is 4.79 Å². The van der Waals surface area contributed by atoms with Crippen molar-refractivity contribution in [2.24, 2.45) is 0 Å². The third-order valence-electron chi connectivity index (χ3n) is 2.95. The summed E-state index contributed by atoms with van der Waals surface area (Å²) in [5, 5.41) is 20.3. The monoisotopic (exact) mass is 267 g/mol. The number of nitrogens with zero attached hydrogens (tertiary/aromatic N) is 1. The van der Waals surface area contributed by atoms with Gasteiger partial charge in [-0.25, -0.2) is 0 Å². The van der Waals surface area contributed by atoms with Crippen LogP contribution in [0.5, 0.6) is 0 Å². The zero-order chi connectivity index (χ0) is 13.0. The molecule has 2 rings (SSSR count). The summed E-state index contributed by atoms with van der Waals surface area (Å²) in [5.41, 5.74) is 0.862. The van der Waals surface area contributed by atoms with E-state index < -0.39 is 0 Å². The number of amides is 1. The van der Waals surface area contributed by atoms with Crippen LogP contribution in [0.1, 0.15) is 23.3 Å². The fourth-order valence-electron chi connectivity index (χ4n) is 1.98. The van der Waals surface area contributed by atoms with E-state index in [2.05, 4.69) is 0 Å². The highest BCUT2D eigenvalue weighted by Gasteiger charge is 2.20. The van der Waals surface area contributed by atoms with Gasteiger partial charge in [-0.15, -0.1) is 11.3 Å². The SMILES string of the molecule is O=C(/C=C/c1cc(CO)cs1)N1CCCC(O)C1. The minimum Gasteiger partial charge on any atom is -0.392 e. The standard InChI is InChI=1S/C13H17NO3S/c15-8-10-6-12(18-9-10)3-4-13(17)14-5-1-2-11(16)7-14/h3-4,6,9,11,15-16H,1-2,5,7-8H2/b4-3+. The third-order valence-corrected chi connectivity index (χ3v) is 3.90. The van der Waals surface area contributed by atoms with Gasteiger partial charge in [-0.2, -0.15) is 0 Å². The minimum absolute atomic E-state index is 0.0244. The van der Waals surface area contributed by atoms with E-state index in [9.17, 15) is 9.90 Å². The Morgan fingerprint density at radius 3 is 3.11 bits per heavy atom. The topological polar surface area (TPSA) is 60.8 Å². The summed E-state index contributed by atoms with van der Waals surface area (Å²) in [6.07, 6.45) is 4.53. The van der Waals surface area contributed by atoms with Gasteiger partial charge in [-0.05, 0) is 35.9 Å². The van der Waals surface area contributed by atoms with Crippen LogP contribution < -0.4 is 0 Å². The molecule has 2 N–H and O–H groups in total. The van der Waals surface area contributed by atoms with Crippen molar-refractivity contribution in [2.45, 2.75) is 25.6 Å². The van der Waals surface area contributed by atoms with Gasteiger partial charge in [0.05, 0.1) is 12.7 Å². The van der Waals surface area contributed by atoms with Gasteiger partial charge < -0.3 is 15.1 Å². The van der Waals surface area contributed by atoms with Crippen LogP contribution in [-0.4, -0.2) is 40.2 Å². The zero-order valence-corrected chi connectivity index (χ0v) is 10.9. The van der Waals surface area contributed by atoms with Crippen LogP contribution in [-0.2, 0) is 11.4 Å². The van der Waals surface area contributed by atoms with Gasteiger partial charge in [0.1, 0.15) is 0 Å². The van der Waals surface area contributed by atoms with E-state index in [0.29, 0.717) is 13.1 Å². The van der Waals surface area contributed by atoms with E-state index >= 15 is 0 Å². The van der Waals surface area contributed by atoms with Crippen molar-refractivity contribution < 1.29 is 15.0 Å². The second-order valence-electron chi connectivity index (χ2n) is 4.43. The molecule has 0 spiro atoms. The highest BCUT2D eigenvalue weighted by molar-refractivity contribution is 7.11. The molecule has 1 aromatic heterocycles. The van der Waals surface area contributed by atoms with E-state index in [1.165, 1.54) is 17.4 Å². The Balaban J connectivity index is 1.93. The van der Waals surface area contributed by atoms with Crippen molar-refractivity contribution in [3.63, 3.8) is 0 Å². The lowest BCUT2D eigenvalue weighted by atomic mass is 10.1. The average Bonchev–Trinajstić information content (AvgIpc) is 2.84. The molecular weight excluding hydrogens is 250 g/mol. The number of aliphatic hydroxyl groups is 2. The van der Waals surface area contributed by atoms with Gasteiger partial charge in [0, 0.05) is 24.0 Å². The van der Waals surface area contributed by atoms with Crippen LogP contribution in [0.3, 0.4) is 0 Å². The van der Waals surface area contributed by atoms with E-state index in [1.807, 2.05) is 11.4 Å². The number of hydrogen-bond donors (Lipinski definition) is 2. The largest absolute Gasteiger partial charge is 0.392 e. The van der Waals surface area contributed by atoms with Gasteiger partial charge >= 0.3 is 0 Å². The number of aliphatic hydroxyl groups excluding tert-OH is 2. The van der Waals surface area contributed by atoms with Crippen molar-refractivity contribution in [2.75, 3.05) is 13.1 Å². The Morgan fingerprint density at radius 1 is 1.61 bits per heavy atom. The van der Waals surface area contributed by atoms with Crippen molar-refractivity contribution >= 4 is 23.3 Å². The van der Waals surface area contributed by atoms with Crippen molar-refractivity contribution in [3.05, 3.63) is 28.0 Å². The van der Waals surface area contributed by atoms with Crippen LogP contribution in [0.2, 0.25) is 0 Å². The van der Waals surface area contributed by atoms with E-state index in [1.54, 1.807) is 11.0 Å². The first-order chi connectivity index (χ1) is 8.69. The van der Waals surface area contributed by atoms with Gasteiger partial charge in [-0.1, -0.05) is 0 Å². The molecule has 1 aromatic rings. The van der Waals surface area contributed by atoms with E-state index in [-0.39, 0.29) is 18.6 Å². The van der Waals surface area contributed by atoms with Gasteiger partial charge in [0.25, 0.3) is 0 Å². The number of thiophene rings is 1. The Labute approximate surface area is 110 Å². The van der Waals surface area contributed by atoms with Crippen LogP contribution >= 0.6 is 11.3 Å². The predicted molar refractivity (Wildman–Crippen MR) is 71.1 cm³/mol. The van der Waals surface area contributed by atoms with Crippen molar-refractivity contribution in [3.8, 4) is 0 Å². The van der Waals surface area contributed by atoms with Crippen LogP contribution in [0.4, 0.5) is 0 Å². The van der Waals surface area contributed by atoms with E-state index in [4.69, 9.17) is 5.11 Å². The number of piperidine rings is 1. The summed E-state index contributed by atoms with van der Waals surface area (Å²) in [6, 6.07) is 1.86. The molecule has 0 aromatic carbocycles. The fourth-order valence-corrected chi connectivity index (χ4v) is 2.77. The highest BCUT2D eigenvalue weighted by atomic mass is 32.1. The van der Waals surface area contributed by atoms with E-state index in [0.717, 1.165) is 23.3 Å². The molecule has 98 valence electrons. The first kappa shape index (κ1) is 13.3. The summed E-state index contributed by atoms with van der Waals surface area (Å²) in [4.78, 5) is 14.5. The molecule has 1 aliphatic heterocycles. The summed E-state index contributed by atoms with van der Waals surface area (Å²) < 4.78 is 0. The fraction of sp³-hybridized carbons (Fsp3) is 0.462. The molecule has 18 heavy (non-hydrogen) atoms. The molecule has 1 unspecified atom stereocenters. The number of likely N-dealkylation sites (tertiary alicyclic amines) is 1. The van der Waals surface area contributed by atoms with Gasteiger partial charge in [0.15, 0.2) is 0 Å². The smallest absolute Gasteiger partial charge is 0.246 e. The Bertz CT molecular complexity index is 441. The summed E-state index contributed by atoms with van der Waals surface area (Å²) in [7, 11) is 0. The molecule has 0 saturated carbocycles. The molecule has 0 radical (unpaired) electrons. The minimum atomic E-state index is -0.390. The first-order valence-corrected chi connectivity index (χ1v) is 6.90. The lowest BCUT2D eigenvalue weighted by Crippen LogP contribution is -2.41. The maximum Gasteiger partial charge on any atom is 0.246 e. The summed E-state index contributed by atoms with van der Waals surface area (Å²) >= 11 is 1.50. The summed E-state index contributed by atoms with van der Waals surface area (Å²) in [6.45, 7) is 1.17. The molecule has 2 heterocycles. The molecule has 4 nitrogen and oxygen atoms in total. The van der Waals surface area contributed by atoms with Gasteiger partial charge in [0.2, 0.25) is 5.91 Å². The summed E-state index contributed by atoms with van der Waals surface area (Å²) in [5.74, 6) is -0.0623. The molecule has 1 amide bonds.